The summed E-state index contributed by atoms with van der Waals surface area (Å²) in [4.78, 5) is 24.2. The molecule has 1 aromatic heterocycles. The van der Waals surface area contributed by atoms with Crippen molar-refractivity contribution < 1.29 is 13.6 Å². The third-order valence-electron chi connectivity index (χ3n) is 6.40. The fourth-order valence-corrected chi connectivity index (χ4v) is 4.62. The lowest BCUT2D eigenvalue weighted by Crippen LogP contribution is -2.44. The number of oxazole rings is 1. The largest absolute Gasteiger partial charge is 0.423 e. The van der Waals surface area contributed by atoms with E-state index in [0.29, 0.717) is 12.6 Å². The summed E-state index contributed by atoms with van der Waals surface area (Å²) in [5.41, 5.74) is 2.68. The van der Waals surface area contributed by atoms with Gasteiger partial charge in [0.2, 0.25) is 5.91 Å². The maximum atomic E-state index is 13.2. The van der Waals surface area contributed by atoms with Crippen LogP contribution in [-0.2, 0) is 4.79 Å². The Bertz CT molecular complexity index is 1010. The molecular formula is C24H27FN4O2. The minimum absolute atomic E-state index is 0.0537. The quantitative estimate of drug-likeness (QED) is 0.640. The van der Waals surface area contributed by atoms with Crippen LogP contribution in [0.25, 0.3) is 11.1 Å². The molecule has 7 heteroatoms. The number of hydrogen-bond acceptors (Lipinski definition) is 5. The van der Waals surface area contributed by atoms with E-state index in [0.717, 1.165) is 68.8 Å². The van der Waals surface area contributed by atoms with E-state index < -0.39 is 0 Å². The van der Waals surface area contributed by atoms with Crippen molar-refractivity contribution in [3.05, 3.63) is 54.3 Å². The average Bonchev–Trinajstić information content (AvgIpc) is 3.09. The summed E-state index contributed by atoms with van der Waals surface area (Å²) in [6, 6.07) is 15.0. The zero-order valence-electron chi connectivity index (χ0n) is 17.5. The molecule has 0 unspecified atom stereocenters. The van der Waals surface area contributed by atoms with E-state index in [4.69, 9.17) is 4.42 Å². The van der Waals surface area contributed by atoms with Gasteiger partial charge < -0.3 is 19.1 Å². The fourth-order valence-electron chi connectivity index (χ4n) is 4.62. The standard InChI is InChI=1S/C24H27FN4O2/c25-19-6-8-20(9-7-19)27-12-3-13-28(17-16-27)23(30)18-10-14-29(15-11-18)24-26-21-4-1-2-5-22(21)31-24/h1-2,4-9,18H,3,10-17H2. The topological polar surface area (TPSA) is 52.8 Å². The van der Waals surface area contributed by atoms with Crippen LogP contribution < -0.4 is 9.80 Å². The van der Waals surface area contributed by atoms with Crippen molar-refractivity contribution in [2.24, 2.45) is 5.92 Å². The molecule has 0 atom stereocenters. The van der Waals surface area contributed by atoms with Crippen molar-refractivity contribution in [1.29, 1.82) is 0 Å². The number of fused-ring (bicyclic) bond motifs is 1. The molecule has 0 spiro atoms. The van der Waals surface area contributed by atoms with Crippen molar-refractivity contribution >= 4 is 28.7 Å². The smallest absolute Gasteiger partial charge is 0.298 e. The van der Waals surface area contributed by atoms with Crippen LogP contribution in [0.3, 0.4) is 0 Å². The first-order chi connectivity index (χ1) is 15.2. The summed E-state index contributed by atoms with van der Waals surface area (Å²) in [6.45, 7) is 4.70. The zero-order valence-corrected chi connectivity index (χ0v) is 17.5. The van der Waals surface area contributed by atoms with E-state index >= 15 is 0 Å². The van der Waals surface area contributed by atoms with Gasteiger partial charge in [-0.25, -0.2) is 4.39 Å². The molecular weight excluding hydrogens is 395 g/mol. The number of piperidine rings is 1. The highest BCUT2D eigenvalue weighted by molar-refractivity contribution is 5.79. The number of halogens is 1. The molecule has 162 valence electrons. The highest BCUT2D eigenvalue weighted by Crippen LogP contribution is 2.27. The molecule has 6 nitrogen and oxygen atoms in total. The Morgan fingerprint density at radius 1 is 0.903 bits per heavy atom. The van der Waals surface area contributed by atoms with Gasteiger partial charge in [0.25, 0.3) is 6.01 Å². The van der Waals surface area contributed by atoms with Gasteiger partial charge in [-0.05, 0) is 55.7 Å². The van der Waals surface area contributed by atoms with Gasteiger partial charge >= 0.3 is 0 Å². The van der Waals surface area contributed by atoms with Gasteiger partial charge in [0, 0.05) is 50.9 Å². The third kappa shape index (κ3) is 4.22. The Labute approximate surface area is 181 Å². The molecule has 0 aliphatic carbocycles. The van der Waals surface area contributed by atoms with Crippen LogP contribution in [0.5, 0.6) is 0 Å². The number of carbonyl (C=O) groups is 1. The van der Waals surface area contributed by atoms with Gasteiger partial charge in [-0.2, -0.15) is 4.98 Å². The first-order valence-electron chi connectivity index (χ1n) is 11.1. The molecule has 2 fully saturated rings. The third-order valence-corrected chi connectivity index (χ3v) is 6.40. The normalized spacial score (nSPS) is 18.4. The Morgan fingerprint density at radius 3 is 2.45 bits per heavy atom. The van der Waals surface area contributed by atoms with Crippen molar-refractivity contribution in [3.8, 4) is 0 Å². The summed E-state index contributed by atoms with van der Waals surface area (Å²) in [6.07, 6.45) is 2.55. The van der Waals surface area contributed by atoms with Crippen LogP contribution >= 0.6 is 0 Å². The lowest BCUT2D eigenvalue weighted by atomic mass is 9.95. The molecule has 0 saturated carbocycles. The Kier molecular flexibility index (Phi) is 5.49. The maximum absolute atomic E-state index is 13.2. The first-order valence-corrected chi connectivity index (χ1v) is 11.1. The number of carbonyl (C=O) groups excluding carboxylic acids is 1. The molecule has 3 aromatic rings. The number of aromatic nitrogens is 1. The lowest BCUT2D eigenvalue weighted by Gasteiger charge is -2.33. The van der Waals surface area contributed by atoms with E-state index in [2.05, 4.69) is 14.8 Å². The maximum Gasteiger partial charge on any atom is 0.298 e. The summed E-state index contributed by atoms with van der Waals surface area (Å²) in [5, 5.41) is 0. The minimum atomic E-state index is -0.223. The molecule has 2 aliphatic rings. The van der Waals surface area contributed by atoms with E-state index in [9.17, 15) is 9.18 Å². The highest BCUT2D eigenvalue weighted by atomic mass is 19.1. The minimum Gasteiger partial charge on any atom is -0.423 e. The average molecular weight is 423 g/mol. The molecule has 2 saturated heterocycles. The molecule has 2 aliphatic heterocycles. The second-order valence-electron chi connectivity index (χ2n) is 8.37. The second-order valence-corrected chi connectivity index (χ2v) is 8.37. The summed E-state index contributed by atoms with van der Waals surface area (Å²) in [5.74, 6) is 0.0933. The van der Waals surface area contributed by atoms with Gasteiger partial charge in [-0.1, -0.05) is 12.1 Å². The number of para-hydroxylation sites is 2. The molecule has 2 aromatic carbocycles. The molecule has 0 radical (unpaired) electrons. The Hall–Kier alpha value is -3.09. The molecule has 31 heavy (non-hydrogen) atoms. The summed E-state index contributed by atoms with van der Waals surface area (Å²) < 4.78 is 19.1. The fraction of sp³-hybridized carbons (Fsp3) is 0.417. The van der Waals surface area contributed by atoms with Crippen LogP contribution in [0.15, 0.2) is 52.9 Å². The predicted molar refractivity (Wildman–Crippen MR) is 119 cm³/mol. The zero-order chi connectivity index (χ0) is 21.2. The van der Waals surface area contributed by atoms with Gasteiger partial charge in [-0.15, -0.1) is 0 Å². The van der Waals surface area contributed by atoms with E-state index in [-0.39, 0.29) is 17.6 Å². The number of anilines is 2. The van der Waals surface area contributed by atoms with Crippen LogP contribution in [0.4, 0.5) is 16.1 Å². The van der Waals surface area contributed by atoms with E-state index in [1.165, 1.54) is 12.1 Å². The summed E-state index contributed by atoms with van der Waals surface area (Å²) >= 11 is 0. The second kappa shape index (κ2) is 8.57. The van der Waals surface area contributed by atoms with Crippen LogP contribution in [0, 0.1) is 11.7 Å². The molecule has 1 amide bonds. The molecule has 0 N–H and O–H groups in total. The summed E-state index contributed by atoms with van der Waals surface area (Å²) in [7, 11) is 0. The van der Waals surface area contributed by atoms with Gasteiger partial charge in [0.1, 0.15) is 11.3 Å². The number of amides is 1. The lowest BCUT2D eigenvalue weighted by molar-refractivity contribution is -0.136. The van der Waals surface area contributed by atoms with E-state index in [1.54, 1.807) is 0 Å². The number of nitrogens with zero attached hydrogens (tertiary/aromatic N) is 4. The van der Waals surface area contributed by atoms with E-state index in [1.807, 2.05) is 41.3 Å². The van der Waals surface area contributed by atoms with Gasteiger partial charge in [0.15, 0.2) is 5.58 Å². The monoisotopic (exact) mass is 422 g/mol. The number of hydrogen-bond donors (Lipinski definition) is 0. The van der Waals surface area contributed by atoms with Crippen LogP contribution in [0.1, 0.15) is 19.3 Å². The van der Waals surface area contributed by atoms with Crippen LogP contribution in [-0.4, -0.2) is 55.1 Å². The van der Waals surface area contributed by atoms with Crippen molar-refractivity contribution in [2.45, 2.75) is 19.3 Å². The van der Waals surface area contributed by atoms with Crippen molar-refractivity contribution in [3.63, 3.8) is 0 Å². The Morgan fingerprint density at radius 2 is 1.68 bits per heavy atom. The van der Waals surface area contributed by atoms with Crippen molar-refractivity contribution in [2.75, 3.05) is 49.1 Å². The SMILES string of the molecule is O=C(C1CCN(c2nc3ccccc3o2)CC1)N1CCCN(c2ccc(F)cc2)CC1. The van der Waals surface area contributed by atoms with Gasteiger partial charge in [-0.3, -0.25) is 4.79 Å². The first kappa shape index (κ1) is 19.8. The van der Waals surface area contributed by atoms with Crippen LogP contribution in [0.2, 0.25) is 0 Å². The number of rotatable bonds is 3. The highest BCUT2D eigenvalue weighted by Gasteiger charge is 2.31. The molecule has 3 heterocycles. The molecule has 5 rings (SSSR count). The molecule has 0 bridgehead atoms. The van der Waals surface area contributed by atoms with Crippen molar-refractivity contribution in [1.82, 2.24) is 9.88 Å². The number of benzene rings is 2. The predicted octanol–water partition coefficient (Wildman–Crippen LogP) is 3.92. The Balaban J connectivity index is 1.17. The van der Waals surface area contributed by atoms with Gasteiger partial charge in [0.05, 0.1) is 0 Å².